The van der Waals surface area contributed by atoms with Gasteiger partial charge in [-0.1, -0.05) is 30.3 Å². The molecule has 0 saturated carbocycles. The number of ether oxygens (including phenoxy) is 1. The number of nitrogens with one attached hydrogen (secondary N) is 3. The highest BCUT2D eigenvalue weighted by Gasteiger charge is 2.26. The molecule has 2 amide bonds. The lowest BCUT2D eigenvalue weighted by molar-refractivity contribution is -0.118. The molecule has 1 aliphatic rings. The van der Waals surface area contributed by atoms with Gasteiger partial charge in [-0.3, -0.25) is 9.59 Å². The molecular formula is C25H24FN3O5S. The third-order valence-electron chi connectivity index (χ3n) is 5.40. The third kappa shape index (κ3) is 6.50. The van der Waals surface area contributed by atoms with Crippen LogP contribution in [0.25, 0.3) is 0 Å². The van der Waals surface area contributed by atoms with E-state index in [-0.39, 0.29) is 22.9 Å². The summed E-state index contributed by atoms with van der Waals surface area (Å²) < 4.78 is 45.6. The van der Waals surface area contributed by atoms with Crippen molar-refractivity contribution in [3.05, 3.63) is 95.8 Å². The molecule has 4 rings (SSSR count). The lowest BCUT2D eigenvalue weighted by atomic mass is 10.0. The van der Waals surface area contributed by atoms with Crippen LogP contribution in [0.3, 0.4) is 0 Å². The van der Waals surface area contributed by atoms with Gasteiger partial charge in [0.25, 0.3) is 5.91 Å². The normalized spacial score (nSPS) is 14.5. The summed E-state index contributed by atoms with van der Waals surface area (Å²) in [4.78, 5) is 25.8. The van der Waals surface area contributed by atoms with Crippen LogP contribution in [0.5, 0.6) is 0 Å². The van der Waals surface area contributed by atoms with E-state index in [1.807, 2.05) is 30.3 Å². The van der Waals surface area contributed by atoms with Crippen LogP contribution in [0, 0.1) is 5.82 Å². The van der Waals surface area contributed by atoms with Gasteiger partial charge in [0.2, 0.25) is 15.9 Å². The maximum absolute atomic E-state index is 13.2. The monoisotopic (exact) mass is 497 g/mol. The van der Waals surface area contributed by atoms with E-state index in [0.29, 0.717) is 18.9 Å². The van der Waals surface area contributed by atoms with Crippen molar-refractivity contribution >= 4 is 27.5 Å². The van der Waals surface area contributed by atoms with Gasteiger partial charge in [-0.15, -0.1) is 0 Å². The van der Waals surface area contributed by atoms with E-state index in [0.717, 1.165) is 5.56 Å². The average Bonchev–Trinajstić information content (AvgIpc) is 2.82. The van der Waals surface area contributed by atoms with Gasteiger partial charge in [-0.2, -0.15) is 0 Å². The number of carbonyl (C=O) groups excluding carboxylic acids is 2. The Morgan fingerprint density at radius 1 is 0.943 bits per heavy atom. The van der Waals surface area contributed by atoms with Crippen molar-refractivity contribution in [1.29, 1.82) is 0 Å². The third-order valence-corrected chi connectivity index (χ3v) is 6.94. The summed E-state index contributed by atoms with van der Waals surface area (Å²) in [5.74, 6) is -1.47. The van der Waals surface area contributed by atoms with E-state index in [4.69, 9.17) is 4.74 Å². The Balaban J connectivity index is 1.47. The maximum atomic E-state index is 13.2. The van der Waals surface area contributed by atoms with Crippen LogP contribution in [0.4, 0.5) is 10.1 Å². The van der Waals surface area contributed by atoms with Gasteiger partial charge in [0.1, 0.15) is 11.9 Å². The summed E-state index contributed by atoms with van der Waals surface area (Å²) in [5, 5.41) is 5.42. The number of benzene rings is 3. The fourth-order valence-corrected chi connectivity index (χ4v) is 4.65. The van der Waals surface area contributed by atoms with E-state index in [9.17, 15) is 22.4 Å². The molecule has 3 aromatic rings. The van der Waals surface area contributed by atoms with E-state index in [1.165, 1.54) is 48.5 Å². The number of rotatable bonds is 9. The highest BCUT2D eigenvalue weighted by molar-refractivity contribution is 7.89. The smallest absolute Gasteiger partial charge is 0.251 e. The van der Waals surface area contributed by atoms with Crippen molar-refractivity contribution in [1.82, 2.24) is 10.0 Å². The topological polar surface area (TPSA) is 114 Å². The van der Waals surface area contributed by atoms with E-state index < -0.39 is 33.7 Å². The lowest BCUT2D eigenvalue weighted by Gasteiger charge is -2.26. The zero-order valence-corrected chi connectivity index (χ0v) is 19.4. The molecule has 0 spiro atoms. The number of carbonyl (C=O) groups is 2. The quantitative estimate of drug-likeness (QED) is 0.420. The first kappa shape index (κ1) is 24.5. The molecule has 0 bridgehead atoms. The van der Waals surface area contributed by atoms with Crippen molar-refractivity contribution < 1.29 is 27.1 Å². The lowest BCUT2D eigenvalue weighted by Crippen LogP contribution is -2.48. The zero-order valence-electron chi connectivity index (χ0n) is 18.6. The largest absolute Gasteiger partial charge is 0.378 e. The molecule has 3 N–H and O–H groups in total. The Morgan fingerprint density at radius 3 is 2.20 bits per heavy atom. The molecule has 10 heteroatoms. The summed E-state index contributed by atoms with van der Waals surface area (Å²) in [6, 6.07) is 18.7. The molecular weight excluding hydrogens is 473 g/mol. The zero-order chi connectivity index (χ0) is 24.8. The molecule has 0 unspecified atom stereocenters. The van der Waals surface area contributed by atoms with Crippen LogP contribution >= 0.6 is 0 Å². The van der Waals surface area contributed by atoms with Crippen molar-refractivity contribution in [3.63, 3.8) is 0 Å². The molecule has 0 aromatic heterocycles. The van der Waals surface area contributed by atoms with Gasteiger partial charge in [0.05, 0.1) is 24.2 Å². The van der Waals surface area contributed by atoms with Gasteiger partial charge >= 0.3 is 0 Å². The van der Waals surface area contributed by atoms with Crippen LogP contribution in [0.15, 0.2) is 83.8 Å². The number of amides is 2. The van der Waals surface area contributed by atoms with Crippen molar-refractivity contribution in [2.75, 3.05) is 18.5 Å². The number of sulfonamides is 1. The summed E-state index contributed by atoms with van der Waals surface area (Å²) >= 11 is 0. The van der Waals surface area contributed by atoms with Gasteiger partial charge in [-0.25, -0.2) is 17.5 Å². The van der Waals surface area contributed by atoms with E-state index in [1.54, 1.807) is 0 Å². The molecule has 182 valence electrons. The Bertz CT molecular complexity index is 1280. The predicted octanol–water partition coefficient (Wildman–Crippen LogP) is 2.48. The second-order valence-electron chi connectivity index (χ2n) is 8.09. The molecule has 35 heavy (non-hydrogen) atoms. The Hall–Kier alpha value is -3.60. The van der Waals surface area contributed by atoms with Gasteiger partial charge < -0.3 is 15.4 Å². The van der Waals surface area contributed by atoms with Crippen LogP contribution in [-0.2, 0) is 26.0 Å². The first-order valence-electron chi connectivity index (χ1n) is 10.9. The minimum atomic E-state index is -3.70. The molecule has 1 fully saturated rings. The SMILES string of the molecule is O=C(N[C@@H](Cc1ccccc1)C(=O)Nc1ccc(S(=O)(=O)NC2COC2)cc1)c1ccc(F)cc1. The fraction of sp³-hybridized carbons (Fsp3) is 0.200. The van der Waals surface area contributed by atoms with E-state index in [2.05, 4.69) is 15.4 Å². The number of hydrogen-bond acceptors (Lipinski definition) is 5. The summed E-state index contributed by atoms with van der Waals surface area (Å²) in [6.45, 7) is 0.666. The molecule has 1 atom stereocenters. The number of halogens is 1. The summed E-state index contributed by atoms with van der Waals surface area (Å²) in [5.41, 5.74) is 1.42. The molecule has 3 aromatic carbocycles. The van der Waals surface area contributed by atoms with Crippen molar-refractivity contribution in [2.24, 2.45) is 0 Å². The molecule has 8 nitrogen and oxygen atoms in total. The van der Waals surface area contributed by atoms with Crippen LogP contribution in [0.2, 0.25) is 0 Å². The minimum Gasteiger partial charge on any atom is -0.378 e. The predicted molar refractivity (Wildman–Crippen MR) is 128 cm³/mol. The van der Waals surface area contributed by atoms with Crippen LogP contribution in [0.1, 0.15) is 15.9 Å². The molecule has 1 aliphatic heterocycles. The van der Waals surface area contributed by atoms with Gasteiger partial charge in [0.15, 0.2) is 0 Å². The van der Waals surface area contributed by atoms with Gasteiger partial charge in [-0.05, 0) is 54.1 Å². The molecule has 0 radical (unpaired) electrons. The summed E-state index contributed by atoms with van der Waals surface area (Å²) in [7, 11) is -3.70. The fourth-order valence-electron chi connectivity index (χ4n) is 3.44. The second kappa shape index (κ2) is 10.8. The standard InChI is InChI=1S/C25H24FN3O5S/c26-19-8-6-18(7-9-19)24(30)28-23(14-17-4-2-1-3-5-17)25(31)27-20-10-12-22(13-11-20)35(32,33)29-21-15-34-16-21/h1-13,21,23,29H,14-16H2,(H,27,31)(H,28,30)/t23-/m0/s1. The first-order chi connectivity index (χ1) is 16.8. The van der Waals surface area contributed by atoms with Gasteiger partial charge in [0, 0.05) is 17.7 Å². The Kier molecular flexibility index (Phi) is 7.54. The molecule has 1 saturated heterocycles. The van der Waals surface area contributed by atoms with E-state index >= 15 is 0 Å². The number of hydrogen-bond donors (Lipinski definition) is 3. The van der Waals surface area contributed by atoms with Crippen molar-refractivity contribution in [3.8, 4) is 0 Å². The highest BCUT2D eigenvalue weighted by Crippen LogP contribution is 2.16. The highest BCUT2D eigenvalue weighted by atomic mass is 32.2. The minimum absolute atomic E-state index is 0.0628. The average molecular weight is 498 g/mol. The molecule has 0 aliphatic carbocycles. The Morgan fingerprint density at radius 2 is 1.60 bits per heavy atom. The Labute approximate surface area is 202 Å². The second-order valence-corrected chi connectivity index (χ2v) is 9.81. The van der Waals surface area contributed by atoms with Crippen LogP contribution in [-0.4, -0.2) is 45.5 Å². The van der Waals surface area contributed by atoms with Crippen molar-refractivity contribution in [2.45, 2.75) is 23.4 Å². The number of anilines is 1. The first-order valence-corrected chi connectivity index (χ1v) is 12.4. The summed E-state index contributed by atoms with van der Waals surface area (Å²) in [6.07, 6.45) is 0.222. The van der Waals surface area contributed by atoms with Crippen LogP contribution < -0.4 is 15.4 Å². The maximum Gasteiger partial charge on any atom is 0.251 e. The molecule has 1 heterocycles.